The van der Waals surface area contributed by atoms with Gasteiger partial charge in [0, 0.05) is 16.8 Å². The lowest BCUT2D eigenvalue weighted by molar-refractivity contribution is 0.101. The highest BCUT2D eigenvalue weighted by molar-refractivity contribution is 7.89. The van der Waals surface area contributed by atoms with Gasteiger partial charge in [-0.05, 0) is 69.7 Å². The summed E-state index contributed by atoms with van der Waals surface area (Å²) in [6.45, 7) is 7.04. The van der Waals surface area contributed by atoms with Gasteiger partial charge in [0.25, 0.3) is 5.91 Å². The number of hydrogen-bond acceptors (Lipinski definition) is 5. The summed E-state index contributed by atoms with van der Waals surface area (Å²) in [4.78, 5) is 13.4. The van der Waals surface area contributed by atoms with Gasteiger partial charge in [-0.15, -0.1) is 0 Å². The van der Waals surface area contributed by atoms with E-state index in [2.05, 4.69) is 21.2 Å². The normalized spacial score (nSPS) is 11.7. The number of carbonyl (C=O) groups is 1. The number of sulfonamides is 1. The molecule has 1 aromatic heterocycles. The van der Waals surface area contributed by atoms with Crippen LogP contribution in [0.4, 0.5) is 5.69 Å². The number of hydrogen-bond donors (Lipinski definition) is 2. The van der Waals surface area contributed by atoms with Crippen LogP contribution in [-0.4, -0.2) is 29.6 Å². The average molecular weight is 548 g/mol. The van der Waals surface area contributed by atoms with E-state index in [-0.39, 0.29) is 15.6 Å². The maximum atomic E-state index is 13.3. The third kappa shape index (κ3) is 5.78. The maximum Gasteiger partial charge on any atom is 0.275 e. The van der Waals surface area contributed by atoms with Gasteiger partial charge in [-0.2, -0.15) is 10.4 Å². The number of benzene rings is 3. The summed E-state index contributed by atoms with van der Waals surface area (Å²) in [5.74, 6) is -0.483. The number of nitrogens with one attached hydrogen (secondary N) is 2. The second-order valence-corrected chi connectivity index (χ2v) is 11.7. The first-order valence-electron chi connectivity index (χ1n) is 11.7. The summed E-state index contributed by atoms with van der Waals surface area (Å²) in [6.07, 6.45) is 0. The fraction of sp³-hybridized carbons (Fsp3) is 0.179. The van der Waals surface area contributed by atoms with Gasteiger partial charge in [0.15, 0.2) is 5.69 Å². The van der Waals surface area contributed by atoms with E-state index < -0.39 is 21.5 Å². The Labute approximate surface area is 226 Å². The van der Waals surface area contributed by atoms with Crippen molar-refractivity contribution in [1.29, 1.82) is 5.26 Å². The highest BCUT2D eigenvalue weighted by Gasteiger charge is 2.25. The number of amides is 1. The Morgan fingerprint density at radius 2 is 1.71 bits per heavy atom. The average Bonchev–Trinajstić information content (AvgIpc) is 3.17. The van der Waals surface area contributed by atoms with Crippen molar-refractivity contribution >= 4 is 33.2 Å². The zero-order valence-corrected chi connectivity index (χ0v) is 22.9. The summed E-state index contributed by atoms with van der Waals surface area (Å²) < 4.78 is 30.2. The summed E-state index contributed by atoms with van der Waals surface area (Å²) in [5, 5.41) is 16.6. The lowest BCUT2D eigenvalue weighted by Crippen LogP contribution is -2.40. The van der Waals surface area contributed by atoms with E-state index in [4.69, 9.17) is 11.6 Å². The number of carbonyl (C=O) groups excluding carboxylic acids is 1. The Kier molecular flexibility index (Phi) is 7.42. The fourth-order valence-electron chi connectivity index (χ4n) is 3.92. The highest BCUT2D eigenvalue weighted by Crippen LogP contribution is 2.30. The number of nitriles is 1. The number of aromatic nitrogens is 2. The molecule has 0 aliphatic heterocycles. The van der Waals surface area contributed by atoms with Crippen LogP contribution < -0.4 is 10.0 Å². The van der Waals surface area contributed by atoms with Crippen LogP contribution in [0.5, 0.6) is 0 Å². The molecule has 0 aliphatic carbocycles. The third-order valence-electron chi connectivity index (χ3n) is 5.49. The predicted octanol–water partition coefficient (Wildman–Crippen LogP) is 5.70. The van der Waals surface area contributed by atoms with Crippen molar-refractivity contribution in [3.63, 3.8) is 0 Å². The van der Waals surface area contributed by atoms with E-state index >= 15 is 0 Å². The van der Waals surface area contributed by atoms with Gasteiger partial charge in [0.2, 0.25) is 10.0 Å². The first-order chi connectivity index (χ1) is 17.9. The van der Waals surface area contributed by atoms with Crippen molar-refractivity contribution in [1.82, 2.24) is 14.5 Å². The van der Waals surface area contributed by atoms with Crippen LogP contribution in [0, 0.1) is 18.3 Å². The van der Waals surface area contributed by atoms with Crippen molar-refractivity contribution in [2.24, 2.45) is 0 Å². The molecular formula is C28H26ClN5O3S. The van der Waals surface area contributed by atoms with Gasteiger partial charge in [-0.1, -0.05) is 48.0 Å². The van der Waals surface area contributed by atoms with E-state index in [0.717, 1.165) is 0 Å². The zero-order chi connectivity index (χ0) is 27.7. The zero-order valence-electron chi connectivity index (χ0n) is 21.3. The maximum absolute atomic E-state index is 13.3. The Balaban J connectivity index is 1.63. The standard InChI is InChI=1S/C28H26ClN5O3S/c1-18-25(29)26(34(32-18)22-9-7-8-19(16-22)17-30)27(35)31-21-14-12-20(13-15-21)23-10-5-6-11-24(23)38(36,37)33-28(2,3)4/h5-16,33H,1-4H3,(H,31,35). The van der Waals surface area contributed by atoms with Crippen LogP contribution in [0.3, 0.4) is 0 Å². The molecule has 194 valence electrons. The molecule has 8 nitrogen and oxygen atoms in total. The molecule has 0 unspecified atom stereocenters. The molecule has 38 heavy (non-hydrogen) atoms. The van der Waals surface area contributed by atoms with Gasteiger partial charge in [0.1, 0.15) is 0 Å². The summed E-state index contributed by atoms with van der Waals surface area (Å²) in [5.41, 5.74) is 2.61. The number of rotatable bonds is 6. The minimum absolute atomic E-state index is 0.132. The molecule has 3 aromatic carbocycles. The van der Waals surface area contributed by atoms with Crippen LogP contribution in [0.1, 0.15) is 42.5 Å². The quantitative estimate of drug-likeness (QED) is 0.321. The molecule has 0 aliphatic rings. The Morgan fingerprint density at radius 3 is 2.37 bits per heavy atom. The Morgan fingerprint density at radius 1 is 1.03 bits per heavy atom. The van der Waals surface area contributed by atoms with Crippen molar-refractivity contribution in [2.75, 3.05) is 5.32 Å². The van der Waals surface area contributed by atoms with Gasteiger partial charge in [0.05, 0.1) is 32.9 Å². The SMILES string of the molecule is Cc1nn(-c2cccc(C#N)c2)c(C(=O)Nc2ccc(-c3ccccc3S(=O)(=O)NC(C)(C)C)cc2)c1Cl. The van der Waals surface area contributed by atoms with E-state index in [1.807, 2.05) is 0 Å². The molecule has 0 saturated heterocycles. The highest BCUT2D eigenvalue weighted by atomic mass is 35.5. The number of aryl methyl sites for hydroxylation is 1. The second-order valence-electron chi connectivity index (χ2n) is 9.71. The van der Waals surface area contributed by atoms with Crippen molar-refractivity contribution in [3.8, 4) is 22.9 Å². The van der Waals surface area contributed by atoms with E-state index in [9.17, 15) is 18.5 Å². The van der Waals surface area contributed by atoms with E-state index in [1.165, 1.54) is 4.68 Å². The smallest absolute Gasteiger partial charge is 0.275 e. The van der Waals surface area contributed by atoms with Crippen LogP contribution in [0.15, 0.2) is 77.7 Å². The van der Waals surface area contributed by atoms with Crippen molar-refractivity contribution in [3.05, 3.63) is 94.8 Å². The van der Waals surface area contributed by atoms with Crippen LogP contribution in [-0.2, 0) is 10.0 Å². The molecule has 0 bridgehead atoms. The predicted molar refractivity (Wildman–Crippen MR) is 148 cm³/mol. The van der Waals surface area contributed by atoms with Gasteiger partial charge in [-0.25, -0.2) is 17.8 Å². The summed E-state index contributed by atoms with van der Waals surface area (Å²) in [7, 11) is -3.76. The van der Waals surface area contributed by atoms with Gasteiger partial charge < -0.3 is 5.32 Å². The van der Waals surface area contributed by atoms with Crippen LogP contribution in [0.25, 0.3) is 16.8 Å². The molecular weight excluding hydrogens is 522 g/mol. The minimum atomic E-state index is -3.76. The van der Waals surface area contributed by atoms with Crippen molar-refractivity contribution < 1.29 is 13.2 Å². The minimum Gasteiger partial charge on any atom is -0.321 e. The lowest BCUT2D eigenvalue weighted by Gasteiger charge is -2.21. The Bertz CT molecular complexity index is 1660. The summed E-state index contributed by atoms with van der Waals surface area (Å²) >= 11 is 6.44. The molecule has 1 amide bonds. The first kappa shape index (κ1) is 27.1. The largest absolute Gasteiger partial charge is 0.321 e. The number of halogens is 1. The number of nitrogens with zero attached hydrogens (tertiary/aromatic N) is 3. The lowest BCUT2D eigenvalue weighted by atomic mass is 10.1. The van der Waals surface area contributed by atoms with Gasteiger partial charge in [-0.3, -0.25) is 4.79 Å². The van der Waals surface area contributed by atoms with Crippen LogP contribution >= 0.6 is 11.6 Å². The number of anilines is 1. The summed E-state index contributed by atoms with van der Waals surface area (Å²) in [6, 6.07) is 22.4. The van der Waals surface area contributed by atoms with E-state index in [0.29, 0.717) is 33.8 Å². The molecule has 4 rings (SSSR count). The van der Waals surface area contributed by atoms with E-state index in [1.54, 1.807) is 100 Å². The monoisotopic (exact) mass is 547 g/mol. The molecule has 0 radical (unpaired) electrons. The fourth-order valence-corrected chi connectivity index (χ4v) is 5.77. The molecule has 10 heteroatoms. The molecule has 4 aromatic rings. The first-order valence-corrected chi connectivity index (χ1v) is 13.6. The molecule has 0 fully saturated rings. The molecule has 0 saturated carbocycles. The molecule has 0 atom stereocenters. The van der Waals surface area contributed by atoms with Crippen LogP contribution in [0.2, 0.25) is 5.02 Å². The third-order valence-corrected chi connectivity index (χ3v) is 7.76. The Hall–Kier alpha value is -3.97. The molecule has 2 N–H and O–H groups in total. The molecule has 1 heterocycles. The van der Waals surface area contributed by atoms with Crippen molar-refractivity contribution in [2.45, 2.75) is 38.1 Å². The van der Waals surface area contributed by atoms with Gasteiger partial charge >= 0.3 is 0 Å². The topological polar surface area (TPSA) is 117 Å². The second kappa shape index (κ2) is 10.4. The molecule has 0 spiro atoms.